The first-order valence-corrected chi connectivity index (χ1v) is 7.65. The van der Waals surface area contributed by atoms with Crippen LogP contribution < -0.4 is 10.6 Å². The van der Waals surface area contributed by atoms with Crippen LogP contribution in [-0.4, -0.2) is 39.1 Å². The Labute approximate surface area is 101 Å². The van der Waals surface area contributed by atoms with Crippen LogP contribution in [-0.2, 0) is 16.4 Å². The molecule has 17 heavy (non-hydrogen) atoms. The Bertz CT molecular complexity index is 428. The Balaban J connectivity index is 1.65. The molecule has 1 unspecified atom stereocenters. The molecule has 2 N–H and O–H groups in total. The van der Waals surface area contributed by atoms with Gasteiger partial charge in [-0.1, -0.05) is 0 Å². The van der Waals surface area contributed by atoms with E-state index in [1.165, 1.54) is 0 Å². The normalized spacial score (nSPS) is 23.6. The summed E-state index contributed by atoms with van der Waals surface area (Å²) in [7, 11) is -2.82. The lowest BCUT2D eigenvalue weighted by Crippen LogP contribution is -2.46. The molecule has 2 rings (SSSR count). The lowest BCUT2D eigenvalue weighted by atomic mass is 10.2. The zero-order valence-corrected chi connectivity index (χ0v) is 10.5. The molecule has 1 aromatic heterocycles. The summed E-state index contributed by atoms with van der Waals surface area (Å²) in [6.45, 7) is 2.05. The van der Waals surface area contributed by atoms with Gasteiger partial charge in [0.05, 0.1) is 24.3 Å². The number of hydrogen-bond donors (Lipinski definition) is 2. The van der Waals surface area contributed by atoms with Gasteiger partial charge in [0.25, 0.3) is 0 Å². The van der Waals surface area contributed by atoms with Crippen molar-refractivity contribution in [2.45, 2.75) is 19.0 Å². The fourth-order valence-electron chi connectivity index (χ4n) is 1.95. The molecule has 1 aromatic rings. The van der Waals surface area contributed by atoms with Crippen LogP contribution in [0.2, 0.25) is 0 Å². The van der Waals surface area contributed by atoms with Gasteiger partial charge in [0.2, 0.25) is 0 Å². The third-order valence-corrected chi connectivity index (χ3v) is 4.59. The van der Waals surface area contributed by atoms with E-state index < -0.39 is 9.84 Å². The molecule has 96 valence electrons. The molecule has 1 aliphatic rings. The highest BCUT2D eigenvalue weighted by atomic mass is 32.2. The van der Waals surface area contributed by atoms with Crippen LogP contribution in [0.5, 0.6) is 0 Å². The minimum absolute atomic E-state index is 0.0813. The highest BCUT2D eigenvalue weighted by Crippen LogP contribution is 2.04. The fraction of sp³-hybridized carbons (Fsp3) is 0.636. The van der Waals surface area contributed by atoms with Crippen molar-refractivity contribution >= 4 is 9.84 Å². The zero-order valence-electron chi connectivity index (χ0n) is 9.69. The Kier molecular flexibility index (Phi) is 4.20. The molecule has 1 aliphatic heterocycles. The molecule has 2 heterocycles. The Morgan fingerprint density at radius 2 is 2.41 bits per heavy atom. The smallest absolute Gasteiger partial charge is 0.153 e. The van der Waals surface area contributed by atoms with Crippen molar-refractivity contribution in [3.8, 4) is 0 Å². The quantitative estimate of drug-likeness (QED) is 0.735. The van der Waals surface area contributed by atoms with E-state index in [0.29, 0.717) is 13.1 Å². The van der Waals surface area contributed by atoms with Gasteiger partial charge in [0.15, 0.2) is 9.84 Å². The Morgan fingerprint density at radius 1 is 1.53 bits per heavy atom. The molecular weight excluding hydrogens is 240 g/mol. The van der Waals surface area contributed by atoms with E-state index in [4.69, 9.17) is 4.42 Å². The van der Waals surface area contributed by atoms with Crippen molar-refractivity contribution in [3.63, 3.8) is 0 Å². The first-order chi connectivity index (χ1) is 8.16. The predicted octanol–water partition coefficient (Wildman–Crippen LogP) is 0.146. The van der Waals surface area contributed by atoms with Gasteiger partial charge in [-0.3, -0.25) is 0 Å². The van der Waals surface area contributed by atoms with Crippen molar-refractivity contribution in [1.29, 1.82) is 0 Å². The van der Waals surface area contributed by atoms with E-state index in [0.717, 1.165) is 18.7 Å². The molecule has 0 bridgehead atoms. The summed E-state index contributed by atoms with van der Waals surface area (Å²) >= 11 is 0. The number of sulfone groups is 1. The molecule has 1 saturated heterocycles. The van der Waals surface area contributed by atoms with Crippen molar-refractivity contribution < 1.29 is 12.8 Å². The average molecular weight is 258 g/mol. The van der Waals surface area contributed by atoms with Crippen molar-refractivity contribution in [3.05, 3.63) is 24.2 Å². The summed E-state index contributed by atoms with van der Waals surface area (Å²) in [6.07, 6.45) is 2.46. The summed E-state index contributed by atoms with van der Waals surface area (Å²) in [5.41, 5.74) is 0. The van der Waals surface area contributed by atoms with Crippen LogP contribution in [0.3, 0.4) is 0 Å². The standard InChI is InChI=1S/C11H18N2O3S/c14-17(15)7-5-13-10(9-17)3-4-12-8-11-2-1-6-16-11/h1-2,6,10,12-13H,3-5,7-9H2. The van der Waals surface area contributed by atoms with Crippen LogP contribution >= 0.6 is 0 Å². The third-order valence-electron chi connectivity index (χ3n) is 2.85. The summed E-state index contributed by atoms with van der Waals surface area (Å²) in [5.74, 6) is 1.42. The maximum atomic E-state index is 11.4. The molecule has 5 nitrogen and oxygen atoms in total. The minimum Gasteiger partial charge on any atom is -0.468 e. The Morgan fingerprint density at radius 3 is 3.12 bits per heavy atom. The average Bonchev–Trinajstić information content (AvgIpc) is 2.76. The minimum atomic E-state index is -2.82. The van der Waals surface area contributed by atoms with Gasteiger partial charge in [-0.25, -0.2) is 8.42 Å². The number of nitrogens with one attached hydrogen (secondary N) is 2. The second-order valence-electron chi connectivity index (χ2n) is 4.31. The fourth-order valence-corrected chi connectivity index (χ4v) is 3.45. The van der Waals surface area contributed by atoms with E-state index in [1.54, 1.807) is 6.26 Å². The summed E-state index contributed by atoms with van der Waals surface area (Å²) in [6, 6.07) is 3.85. The highest BCUT2D eigenvalue weighted by molar-refractivity contribution is 7.91. The van der Waals surface area contributed by atoms with Crippen molar-refractivity contribution in [2.75, 3.05) is 24.6 Å². The maximum Gasteiger partial charge on any atom is 0.153 e. The second kappa shape index (κ2) is 5.66. The third kappa shape index (κ3) is 4.14. The molecule has 0 saturated carbocycles. The highest BCUT2D eigenvalue weighted by Gasteiger charge is 2.23. The SMILES string of the molecule is O=S1(=O)CCNC(CCNCc2ccco2)C1. The van der Waals surface area contributed by atoms with Gasteiger partial charge in [0, 0.05) is 12.6 Å². The monoisotopic (exact) mass is 258 g/mol. The second-order valence-corrected chi connectivity index (χ2v) is 6.54. The van der Waals surface area contributed by atoms with E-state index in [1.807, 2.05) is 12.1 Å². The van der Waals surface area contributed by atoms with Crippen LogP contribution in [0.25, 0.3) is 0 Å². The van der Waals surface area contributed by atoms with Crippen molar-refractivity contribution in [1.82, 2.24) is 10.6 Å². The molecule has 0 spiro atoms. The van der Waals surface area contributed by atoms with Gasteiger partial charge in [-0.05, 0) is 25.1 Å². The van der Waals surface area contributed by atoms with Crippen molar-refractivity contribution in [2.24, 2.45) is 0 Å². The summed E-state index contributed by atoms with van der Waals surface area (Å²) in [4.78, 5) is 0. The molecule has 6 heteroatoms. The number of rotatable bonds is 5. The number of furan rings is 1. The van der Waals surface area contributed by atoms with Gasteiger partial charge in [-0.15, -0.1) is 0 Å². The first-order valence-electron chi connectivity index (χ1n) is 5.83. The van der Waals surface area contributed by atoms with Crippen LogP contribution in [0.1, 0.15) is 12.2 Å². The lowest BCUT2D eigenvalue weighted by Gasteiger charge is -2.23. The first kappa shape index (κ1) is 12.6. The van der Waals surface area contributed by atoms with E-state index in [-0.39, 0.29) is 17.5 Å². The van der Waals surface area contributed by atoms with Gasteiger partial charge in [0.1, 0.15) is 5.76 Å². The predicted molar refractivity (Wildman–Crippen MR) is 65.5 cm³/mol. The Hall–Kier alpha value is -0.850. The van der Waals surface area contributed by atoms with Crippen LogP contribution in [0.15, 0.2) is 22.8 Å². The molecule has 0 aromatic carbocycles. The van der Waals surface area contributed by atoms with Gasteiger partial charge >= 0.3 is 0 Å². The van der Waals surface area contributed by atoms with E-state index >= 15 is 0 Å². The van der Waals surface area contributed by atoms with E-state index in [2.05, 4.69) is 10.6 Å². The zero-order chi connectivity index (χ0) is 12.1. The van der Waals surface area contributed by atoms with Gasteiger partial charge < -0.3 is 15.1 Å². The van der Waals surface area contributed by atoms with Gasteiger partial charge in [-0.2, -0.15) is 0 Å². The largest absolute Gasteiger partial charge is 0.468 e. The number of hydrogen-bond acceptors (Lipinski definition) is 5. The summed E-state index contributed by atoms with van der Waals surface area (Å²) < 4.78 is 28.0. The molecule has 0 aliphatic carbocycles. The molecule has 1 fully saturated rings. The topological polar surface area (TPSA) is 71.3 Å². The summed E-state index contributed by atoms with van der Waals surface area (Å²) in [5, 5.41) is 6.46. The molecule has 0 radical (unpaired) electrons. The molecular formula is C11H18N2O3S. The molecule has 0 amide bonds. The maximum absolute atomic E-state index is 11.4. The van der Waals surface area contributed by atoms with E-state index in [9.17, 15) is 8.42 Å². The van der Waals surface area contributed by atoms with Crippen LogP contribution in [0, 0.1) is 0 Å². The van der Waals surface area contributed by atoms with Crippen LogP contribution in [0.4, 0.5) is 0 Å². The lowest BCUT2D eigenvalue weighted by molar-refractivity contribution is 0.453. The molecule has 1 atom stereocenters.